The van der Waals surface area contributed by atoms with Gasteiger partial charge < -0.3 is 4.98 Å². The van der Waals surface area contributed by atoms with Crippen LogP contribution in [0.3, 0.4) is 0 Å². The van der Waals surface area contributed by atoms with E-state index in [1.165, 1.54) is 6.07 Å². The molecule has 0 amide bonds. The summed E-state index contributed by atoms with van der Waals surface area (Å²) < 4.78 is 22.5. The molecule has 0 fully saturated rings. The minimum absolute atomic E-state index is 0.116. The van der Waals surface area contributed by atoms with Crippen LogP contribution < -0.4 is 5.14 Å². The van der Waals surface area contributed by atoms with Gasteiger partial charge in [-0.3, -0.25) is 0 Å². The summed E-state index contributed by atoms with van der Waals surface area (Å²) in [6, 6.07) is 10.6. The number of sulfonamides is 1. The Hall–Kier alpha value is -1.92. The number of fused-ring (bicyclic) bond motifs is 3. The number of nitrogens with one attached hydrogen (secondary N) is 1. The van der Waals surface area contributed by atoms with Crippen LogP contribution in [0.25, 0.3) is 21.9 Å². The Morgan fingerprint density at radius 2 is 1.82 bits per heavy atom. The van der Waals surface area contributed by atoms with Crippen molar-refractivity contribution in [1.29, 1.82) is 0 Å². The molecule has 0 saturated carbocycles. The van der Waals surface area contributed by atoms with Crippen LogP contribution in [0.4, 0.5) is 0 Å². The molecule has 5 nitrogen and oxygen atoms in total. The molecule has 86 valence electrons. The standard InChI is InChI=1S/C11H9N3O2S/c12-17(15,16)10-6-5-9-11(14-10)7-3-1-2-4-8(7)13-9/h1-6,13H,(H2,12,15,16). The number of nitrogens with two attached hydrogens (primary N) is 1. The fraction of sp³-hybridized carbons (Fsp3) is 0. The summed E-state index contributed by atoms with van der Waals surface area (Å²) in [5, 5.41) is 5.83. The van der Waals surface area contributed by atoms with E-state index in [9.17, 15) is 8.42 Å². The lowest BCUT2D eigenvalue weighted by Gasteiger charge is -1.96. The number of aromatic nitrogens is 2. The largest absolute Gasteiger partial charge is 0.353 e. The van der Waals surface area contributed by atoms with Crippen LogP contribution in [0, 0.1) is 0 Å². The molecule has 0 spiro atoms. The highest BCUT2D eigenvalue weighted by molar-refractivity contribution is 7.89. The topological polar surface area (TPSA) is 88.8 Å². The molecule has 6 heteroatoms. The first-order chi connectivity index (χ1) is 8.05. The maximum Gasteiger partial charge on any atom is 0.255 e. The lowest BCUT2D eigenvalue weighted by atomic mass is 10.2. The van der Waals surface area contributed by atoms with Gasteiger partial charge in [0.05, 0.1) is 11.0 Å². The number of nitrogens with zero attached hydrogens (tertiary/aromatic N) is 1. The molecule has 2 aromatic heterocycles. The van der Waals surface area contributed by atoms with Gasteiger partial charge >= 0.3 is 0 Å². The second-order valence-electron chi connectivity index (χ2n) is 3.76. The van der Waals surface area contributed by atoms with Crippen molar-refractivity contribution < 1.29 is 8.42 Å². The molecular formula is C11H9N3O2S. The summed E-state index contributed by atoms with van der Waals surface area (Å²) in [7, 11) is -3.77. The molecule has 3 rings (SSSR count). The van der Waals surface area contributed by atoms with Crippen molar-refractivity contribution in [3.63, 3.8) is 0 Å². The van der Waals surface area contributed by atoms with Crippen molar-refractivity contribution in [2.45, 2.75) is 5.03 Å². The van der Waals surface area contributed by atoms with Crippen LogP contribution in [-0.2, 0) is 10.0 Å². The van der Waals surface area contributed by atoms with Crippen molar-refractivity contribution in [2.75, 3.05) is 0 Å². The van der Waals surface area contributed by atoms with E-state index in [0.717, 1.165) is 16.4 Å². The first-order valence-corrected chi connectivity index (χ1v) is 6.50. The lowest BCUT2D eigenvalue weighted by Crippen LogP contribution is -2.13. The number of hydrogen-bond donors (Lipinski definition) is 2. The monoisotopic (exact) mass is 247 g/mol. The van der Waals surface area contributed by atoms with Gasteiger partial charge in [-0.1, -0.05) is 18.2 Å². The van der Waals surface area contributed by atoms with Crippen molar-refractivity contribution >= 4 is 32.0 Å². The maximum atomic E-state index is 11.2. The van der Waals surface area contributed by atoms with Crippen LogP contribution in [0.2, 0.25) is 0 Å². The Morgan fingerprint density at radius 3 is 2.59 bits per heavy atom. The molecule has 3 N–H and O–H groups in total. The smallest absolute Gasteiger partial charge is 0.255 e. The fourth-order valence-corrected chi connectivity index (χ4v) is 2.33. The Balaban J connectivity index is 2.46. The Morgan fingerprint density at radius 1 is 1.06 bits per heavy atom. The van der Waals surface area contributed by atoms with Gasteiger partial charge in [-0.05, 0) is 18.2 Å². The maximum absolute atomic E-state index is 11.2. The highest BCUT2D eigenvalue weighted by Gasteiger charge is 2.12. The van der Waals surface area contributed by atoms with Crippen LogP contribution in [0.5, 0.6) is 0 Å². The number of benzene rings is 1. The van der Waals surface area contributed by atoms with Crippen molar-refractivity contribution in [1.82, 2.24) is 9.97 Å². The Bertz CT molecular complexity index is 821. The minimum atomic E-state index is -3.77. The Kier molecular flexibility index (Phi) is 1.98. The van der Waals surface area contributed by atoms with Crippen LogP contribution in [-0.4, -0.2) is 18.4 Å². The molecule has 17 heavy (non-hydrogen) atoms. The van der Waals surface area contributed by atoms with E-state index in [2.05, 4.69) is 9.97 Å². The molecule has 1 aromatic carbocycles. The van der Waals surface area contributed by atoms with Gasteiger partial charge in [-0.2, -0.15) is 0 Å². The van der Waals surface area contributed by atoms with Gasteiger partial charge in [0.25, 0.3) is 10.0 Å². The van der Waals surface area contributed by atoms with Gasteiger partial charge in [0.2, 0.25) is 0 Å². The zero-order valence-electron chi connectivity index (χ0n) is 8.71. The van der Waals surface area contributed by atoms with Gasteiger partial charge in [0.15, 0.2) is 5.03 Å². The molecule has 0 aliphatic heterocycles. The normalized spacial score (nSPS) is 12.3. The summed E-state index contributed by atoms with van der Waals surface area (Å²) in [5.41, 5.74) is 2.33. The fourth-order valence-electron chi connectivity index (χ4n) is 1.85. The summed E-state index contributed by atoms with van der Waals surface area (Å²) in [5.74, 6) is 0. The number of aromatic amines is 1. The van der Waals surface area contributed by atoms with Gasteiger partial charge in [0.1, 0.15) is 0 Å². The van der Waals surface area contributed by atoms with E-state index < -0.39 is 10.0 Å². The van der Waals surface area contributed by atoms with Crippen molar-refractivity contribution in [2.24, 2.45) is 5.14 Å². The van der Waals surface area contributed by atoms with E-state index in [4.69, 9.17) is 5.14 Å². The third-order valence-electron chi connectivity index (χ3n) is 2.61. The van der Waals surface area contributed by atoms with E-state index in [-0.39, 0.29) is 5.03 Å². The summed E-state index contributed by atoms with van der Waals surface area (Å²) in [6.45, 7) is 0. The molecule has 0 atom stereocenters. The number of primary sulfonamides is 1. The average Bonchev–Trinajstić information content (AvgIpc) is 2.65. The number of pyridine rings is 1. The third-order valence-corrected chi connectivity index (χ3v) is 3.42. The van der Waals surface area contributed by atoms with Gasteiger partial charge in [-0.25, -0.2) is 18.5 Å². The number of rotatable bonds is 1. The second-order valence-corrected chi connectivity index (χ2v) is 5.27. The third kappa shape index (κ3) is 1.58. The first-order valence-electron chi connectivity index (χ1n) is 4.96. The molecule has 3 aromatic rings. The SMILES string of the molecule is NS(=O)(=O)c1ccc2[nH]c3ccccc3c2n1. The predicted molar refractivity (Wildman–Crippen MR) is 65.0 cm³/mol. The van der Waals surface area contributed by atoms with E-state index in [1.54, 1.807) is 6.07 Å². The number of H-pyrrole nitrogens is 1. The minimum Gasteiger partial charge on any atom is -0.353 e. The molecule has 0 unspecified atom stereocenters. The lowest BCUT2D eigenvalue weighted by molar-refractivity contribution is 0.594. The molecule has 0 radical (unpaired) electrons. The van der Waals surface area contributed by atoms with E-state index >= 15 is 0 Å². The average molecular weight is 247 g/mol. The van der Waals surface area contributed by atoms with Gasteiger partial charge in [0, 0.05) is 10.9 Å². The summed E-state index contributed by atoms with van der Waals surface area (Å²) in [6.07, 6.45) is 0. The number of hydrogen-bond acceptors (Lipinski definition) is 3. The highest BCUT2D eigenvalue weighted by atomic mass is 32.2. The first kappa shape index (κ1) is 10.2. The zero-order valence-corrected chi connectivity index (χ0v) is 9.53. The van der Waals surface area contributed by atoms with Crippen LogP contribution >= 0.6 is 0 Å². The Labute approximate surface area is 97.3 Å². The quantitative estimate of drug-likeness (QED) is 0.680. The molecule has 0 aliphatic carbocycles. The molecule has 0 saturated heterocycles. The van der Waals surface area contributed by atoms with Crippen molar-refractivity contribution in [3.05, 3.63) is 36.4 Å². The zero-order chi connectivity index (χ0) is 12.0. The van der Waals surface area contributed by atoms with Crippen LogP contribution in [0.1, 0.15) is 0 Å². The summed E-state index contributed by atoms with van der Waals surface area (Å²) >= 11 is 0. The van der Waals surface area contributed by atoms with Crippen LogP contribution in [0.15, 0.2) is 41.4 Å². The molecular weight excluding hydrogens is 238 g/mol. The van der Waals surface area contributed by atoms with E-state index in [1.807, 2.05) is 24.3 Å². The van der Waals surface area contributed by atoms with E-state index in [0.29, 0.717) is 5.52 Å². The summed E-state index contributed by atoms with van der Waals surface area (Å²) in [4.78, 5) is 7.25. The van der Waals surface area contributed by atoms with Gasteiger partial charge in [-0.15, -0.1) is 0 Å². The molecule has 0 bridgehead atoms. The molecule has 0 aliphatic rings. The predicted octanol–water partition coefficient (Wildman–Crippen LogP) is 1.36. The molecule has 2 heterocycles. The number of para-hydroxylation sites is 1. The second kappa shape index (κ2) is 3.28. The highest BCUT2D eigenvalue weighted by Crippen LogP contribution is 2.24. The van der Waals surface area contributed by atoms with Crippen molar-refractivity contribution in [3.8, 4) is 0 Å².